The maximum atomic E-state index is 12.8. The van der Waals surface area contributed by atoms with Crippen molar-refractivity contribution in [1.82, 2.24) is 5.01 Å². The van der Waals surface area contributed by atoms with Gasteiger partial charge >= 0.3 is 0 Å². The number of halogens is 1. The summed E-state index contributed by atoms with van der Waals surface area (Å²) in [5, 5.41) is 5.63. The van der Waals surface area contributed by atoms with Gasteiger partial charge in [0.25, 0.3) is 11.8 Å². The number of aryl methyl sites for hydroxylation is 1. The first kappa shape index (κ1) is 21.7. The standard InChI is InChI=1S/C26H25ClN2O4/c1-3-32-21-11-17(10-20(27)24(21)33-14-16-6-4-15(2)5-7-16)13-28-29-25(30)22-18-8-9-19(12-18)23(22)26(29)31/h4-11,13,18-19,22-23H,3,12,14H2,1-2H3. The zero-order valence-corrected chi connectivity index (χ0v) is 19.3. The van der Waals surface area contributed by atoms with Crippen molar-refractivity contribution in [2.24, 2.45) is 28.8 Å². The fourth-order valence-electron chi connectivity index (χ4n) is 5.03. The molecule has 0 radical (unpaired) electrons. The molecule has 0 aromatic heterocycles. The first-order valence-corrected chi connectivity index (χ1v) is 11.6. The molecule has 2 fully saturated rings. The minimum absolute atomic E-state index is 0.153. The lowest BCUT2D eigenvalue weighted by Gasteiger charge is -2.15. The van der Waals surface area contributed by atoms with Gasteiger partial charge in [0.15, 0.2) is 11.5 Å². The van der Waals surface area contributed by atoms with Crippen molar-refractivity contribution < 1.29 is 19.1 Å². The molecule has 5 rings (SSSR count). The molecule has 1 heterocycles. The SMILES string of the molecule is CCOc1cc(C=NN2C(=O)C3C4C=CC(C4)C3C2=O)cc(Cl)c1OCc1ccc(C)cc1. The Morgan fingerprint density at radius 2 is 1.73 bits per heavy atom. The Labute approximate surface area is 197 Å². The third kappa shape index (κ3) is 3.93. The molecule has 4 atom stereocenters. The highest BCUT2D eigenvalue weighted by molar-refractivity contribution is 6.32. The van der Waals surface area contributed by atoms with Crippen LogP contribution < -0.4 is 9.47 Å². The number of carbonyl (C=O) groups is 2. The van der Waals surface area contributed by atoms with Crippen LogP contribution in [-0.4, -0.2) is 29.6 Å². The molecule has 2 aromatic carbocycles. The Balaban J connectivity index is 1.34. The summed E-state index contributed by atoms with van der Waals surface area (Å²) in [6, 6.07) is 11.5. The fraction of sp³-hybridized carbons (Fsp3) is 0.346. The second kappa shape index (κ2) is 8.67. The summed E-state index contributed by atoms with van der Waals surface area (Å²) >= 11 is 6.52. The molecule has 1 saturated heterocycles. The first-order chi connectivity index (χ1) is 16.0. The molecule has 1 aliphatic heterocycles. The number of ether oxygens (including phenoxy) is 2. The molecule has 2 aliphatic carbocycles. The molecule has 1 saturated carbocycles. The van der Waals surface area contributed by atoms with Crippen molar-refractivity contribution in [3.8, 4) is 11.5 Å². The maximum absolute atomic E-state index is 12.8. The van der Waals surface area contributed by atoms with Gasteiger partial charge in [0.05, 0.1) is 29.7 Å². The first-order valence-electron chi connectivity index (χ1n) is 11.2. The normalized spacial score (nSPS) is 25.4. The van der Waals surface area contributed by atoms with Gasteiger partial charge in [0.1, 0.15) is 6.61 Å². The van der Waals surface area contributed by atoms with Gasteiger partial charge < -0.3 is 9.47 Å². The van der Waals surface area contributed by atoms with Gasteiger partial charge in [-0.1, -0.05) is 53.6 Å². The molecule has 3 aliphatic rings. The Kier molecular flexibility index (Phi) is 5.71. The van der Waals surface area contributed by atoms with E-state index < -0.39 is 0 Å². The number of hydrogen-bond donors (Lipinski definition) is 0. The van der Waals surface area contributed by atoms with Crippen LogP contribution >= 0.6 is 11.6 Å². The Bertz CT molecular complexity index is 1130. The van der Waals surface area contributed by atoms with Crippen LogP contribution in [0.15, 0.2) is 53.7 Å². The van der Waals surface area contributed by atoms with E-state index in [0.29, 0.717) is 35.3 Å². The van der Waals surface area contributed by atoms with E-state index >= 15 is 0 Å². The largest absolute Gasteiger partial charge is 0.490 e. The van der Waals surface area contributed by atoms with Gasteiger partial charge in [-0.3, -0.25) is 9.59 Å². The Morgan fingerprint density at radius 3 is 2.36 bits per heavy atom. The number of benzene rings is 2. The van der Waals surface area contributed by atoms with Crippen LogP contribution in [-0.2, 0) is 16.2 Å². The molecule has 33 heavy (non-hydrogen) atoms. The molecule has 170 valence electrons. The van der Waals surface area contributed by atoms with Crippen molar-refractivity contribution >= 4 is 29.6 Å². The fourth-order valence-corrected chi connectivity index (χ4v) is 5.30. The summed E-state index contributed by atoms with van der Waals surface area (Å²) in [6.45, 7) is 4.69. The van der Waals surface area contributed by atoms with E-state index in [1.165, 1.54) is 11.8 Å². The molecule has 0 N–H and O–H groups in total. The van der Waals surface area contributed by atoms with Crippen molar-refractivity contribution in [2.45, 2.75) is 26.9 Å². The monoisotopic (exact) mass is 464 g/mol. The van der Waals surface area contributed by atoms with Crippen LogP contribution in [0.4, 0.5) is 0 Å². The average molecular weight is 465 g/mol. The van der Waals surface area contributed by atoms with E-state index in [0.717, 1.165) is 17.0 Å². The lowest BCUT2D eigenvalue weighted by molar-refractivity contribution is -0.140. The second-order valence-electron chi connectivity index (χ2n) is 8.77. The average Bonchev–Trinajstić information content (AvgIpc) is 3.47. The summed E-state index contributed by atoms with van der Waals surface area (Å²) in [6.07, 6.45) is 6.49. The molecular weight excluding hydrogens is 440 g/mol. The molecule has 2 aromatic rings. The van der Waals surface area contributed by atoms with E-state index in [1.807, 2.05) is 38.1 Å². The van der Waals surface area contributed by atoms with Crippen molar-refractivity contribution in [3.63, 3.8) is 0 Å². The van der Waals surface area contributed by atoms with E-state index in [-0.39, 0.29) is 35.5 Å². The van der Waals surface area contributed by atoms with Gasteiger partial charge in [-0.15, -0.1) is 0 Å². The maximum Gasteiger partial charge on any atom is 0.254 e. The van der Waals surface area contributed by atoms with Gasteiger partial charge in [-0.05, 0) is 55.4 Å². The van der Waals surface area contributed by atoms with E-state index in [9.17, 15) is 9.59 Å². The van der Waals surface area contributed by atoms with Crippen LogP contribution in [0.1, 0.15) is 30.0 Å². The van der Waals surface area contributed by atoms with Gasteiger partial charge in [-0.25, -0.2) is 0 Å². The Hall–Kier alpha value is -3.12. The number of imide groups is 1. The number of amides is 2. The lowest BCUT2D eigenvalue weighted by Crippen LogP contribution is -2.28. The highest BCUT2D eigenvalue weighted by Gasteiger charge is 2.59. The molecular formula is C26H25ClN2O4. The van der Waals surface area contributed by atoms with Crippen molar-refractivity contribution in [3.05, 3.63) is 70.3 Å². The smallest absolute Gasteiger partial charge is 0.254 e. The minimum atomic E-state index is -0.273. The van der Waals surface area contributed by atoms with Gasteiger partial charge in [-0.2, -0.15) is 10.1 Å². The predicted octanol–water partition coefficient (Wildman–Crippen LogP) is 4.77. The molecule has 0 spiro atoms. The molecule has 2 amide bonds. The van der Waals surface area contributed by atoms with Crippen molar-refractivity contribution in [2.75, 3.05) is 6.61 Å². The van der Waals surface area contributed by atoms with E-state index in [2.05, 4.69) is 17.3 Å². The number of hydrogen-bond acceptors (Lipinski definition) is 5. The summed E-state index contributed by atoms with van der Waals surface area (Å²) in [5.41, 5.74) is 2.81. The van der Waals surface area contributed by atoms with Crippen LogP contribution in [0.3, 0.4) is 0 Å². The molecule has 7 heteroatoms. The third-order valence-electron chi connectivity index (χ3n) is 6.60. The number of fused-ring (bicyclic) bond motifs is 5. The van der Waals surface area contributed by atoms with Gasteiger partial charge in [0.2, 0.25) is 0 Å². The minimum Gasteiger partial charge on any atom is -0.490 e. The number of rotatable bonds is 7. The van der Waals surface area contributed by atoms with Crippen LogP contribution in [0.25, 0.3) is 0 Å². The topological polar surface area (TPSA) is 68.2 Å². The molecule has 6 nitrogen and oxygen atoms in total. The number of carbonyl (C=O) groups excluding carboxylic acids is 2. The number of nitrogens with zero attached hydrogens (tertiary/aromatic N) is 2. The van der Waals surface area contributed by atoms with Gasteiger partial charge in [0, 0.05) is 0 Å². The number of hydrazone groups is 1. The number of allylic oxidation sites excluding steroid dienone is 2. The summed E-state index contributed by atoms with van der Waals surface area (Å²) in [4.78, 5) is 25.7. The zero-order chi connectivity index (χ0) is 23.1. The molecule has 2 bridgehead atoms. The zero-order valence-electron chi connectivity index (χ0n) is 18.5. The highest BCUT2D eigenvalue weighted by Crippen LogP contribution is 2.52. The predicted molar refractivity (Wildman–Crippen MR) is 125 cm³/mol. The molecule has 4 unspecified atom stereocenters. The van der Waals surface area contributed by atoms with Crippen LogP contribution in [0.2, 0.25) is 5.02 Å². The second-order valence-corrected chi connectivity index (χ2v) is 9.18. The Morgan fingerprint density at radius 1 is 1.06 bits per heavy atom. The lowest BCUT2D eigenvalue weighted by atomic mass is 9.85. The van der Waals surface area contributed by atoms with Crippen molar-refractivity contribution in [1.29, 1.82) is 0 Å². The van der Waals surface area contributed by atoms with Crippen LogP contribution in [0, 0.1) is 30.6 Å². The quantitative estimate of drug-likeness (QED) is 0.336. The van der Waals surface area contributed by atoms with Crippen LogP contribution in [0.5, 0.6) is 11.5 Å². The summed E-state index contributed by atoms with van der Waals surface area (Å²) in [5.74, 6) is 0.258. The van der Waals surface area contributed by atoms with E-state index in [1.54, 1.807) is 12.1 Å². The van der Waals surface area contributed by atoms with E-state index in [4.69, 9.17) is 21.1 Å². The summed E-state index contributed by atoms with van der Waals surface area (Å²) in [7, 11) is 0. The highest BCUT2D eigenvalue weighted by atomic mass is 35.5. The third-order valence-corrected chi connectivity index (χ3v) is 6.89. The summed E-state index contributed by atoms with van der Waals surface area (Å²) < 4.78 is 11.7.